The molecule has 2 aliphatic rings. The Hall–Kier alpha value is -0.630. The molecule has 1 atom stereocenters. The Bertz CT molecular complexity index is 319. The lowest BCUT2D eigenvalue weighted by molar-refractivity contribution is -0.116. The van der Waals surface area contributed by atoms with E-state index in [-0.39, 0.29) is 0 Å². The SMILES string of the molecule is CCCN(CC)[C@H]1CCC2=C(CCCC2=O)C1. The molecule has 2 nitrogen and oxygen atoms in total. The maximum atomic E-state index is 11.8. The minimum atomic E-state index is 0.447. The van der Waals surface area contributed by atoms with Gasteiger partial charge in [-0.15, -0.1) is 0 Å². The van der Waals surface area contributed by atoms with Crippen LogP contribution in [0.2, 0.25) is 0 Å². The van der Waals surface area contributed by atoms with E-state index in [9.17, 15) is 4.79 Å². The molecule has 96 valence electrons. The molecular formula is C15H25NO. The van der Waals surface area contributed by atoms with Crippen molar-refractivity contribution >= 4 is 5.78 Å². The first kappa shape index (κ1) is 12.8. The summed E-state index contributed by atoms with van der Waals surface area (Å²) in [7, 11) is 0. The largest absolute Gasteiger partial charge is 0.300 e. The Morgan fingerprint density at radius 3 is 2.76 bits per heavy atom. The summed E-state index contributed by atoms with van der Waals surface area (Å²) >= 11 is 0. The lowest BCUT2D eigenvalue weighted by Crippen LogP contribution is -2.38. The standard InChI is InChI=1S/C15H25NO/c1-3-10-16(4-2)13-8-9-14-12(11-13)6-5-7-15(14)17/h13H,3-11H2,1-2H3/t13-/m0/s1. The van der Waals surface area contributed by atoms with Crippen molar-refractivity contribution in [2.75, 3.05) is 13.1 Å². The van der Waals surface area contributed by atoms with Crippen molar-refractivity contribution in [1.82, 2.24) is 4.90 Å². The fourth-order valence-corrected chi connectivity index (χ4v) is 3.40. The van der Waals surface area contributed by atoms with Gasteiger partial charge in [0.1, 0.15) is 0 Å². The van der Waals surface area contributed by atoms with Crippen LogP contribution in [0, 0.1) is 0 Å². The van der Waals surface area contributed by atoms with Crippen LogP contribution >= 0.6 is 0 Å². The molecule has 0 N–H and O–H groups in total. The summed E-state index contributed by atoms with van der Waals surface area (Å²) in [4.78, 5) is 14.4. The highest BCUT2D eigenvalue weighted by Gasteiger charge is 2.29. The molecule has 17 heavy (non-hydrogen) atoms. The van der Waals surface area contributed by atoms with Crippen molar-refractivity contribution in [1.29, 1.82) is 0 Å². The van der Waals surface area contributed by atoms with Crippen molar-refractivity contribution in [3.05, 3.63) is 11.1 Å². The fourth-order valence-electron chi connectivity index (χ4n) is 3.40. The number of carbonyl (C=O) groups is 1. The summed E-state index contributed by atoms with van der Waals surface area (Å²) in [5.41, 5.74) is 2.70. The van der Waals surface area contributed by atoms with Gasteiger partial charge in [0.2, 0.25) is 0 Å². The lowest BCUT2D eigenvalue weighted by atomic mass is 9.79. The van der Waals surface area contributed by atoms with Gasteiger partial charge >= 0.3 is 0 Å². The van der Waals surface area contributed by atoms with Gasteiger partial charge in [0.25, 0.3) is 0 Å². The fraction of sp³-hybridized carbons (Fsp3) is 0.800. The predicted molar refractivity (Wildman–Crippen MR) is 71.1 cm³/mol. The van der Waals surface area contributed by atoms with E-state index in [0.29, 0.717) is 11.8 Å². The first-order valence-corrected chi connectivity index (χ1v) is 7.24. The molecule has 2 aliphatic carbocycles. The molecule has 0 heterocycles. The Kier molecular flexibility index (Phi) is 4.38. The quantitative estimate of drug-likeness (QED) is 0.745. The van der Waals surface area contributed by atoms with Gasteiger partial charge in [-0.05, 0) is 57.2 Å². The van der Waals surface area contributed by atoms with Crippen LogP contribution in [0.3, 0.4) is 0 Å². The molecule has 0 aromatic heterocycles. The first-order valence-electron chi connectivity index (χ1n) is 7.24. The van der Waals surface area contributed by atoms with Crippen LogP contribution < -0.4 is 0 Å². The van der Waals surface area contributed by atoms with E-state index in [1.807, 2.05) is 0 Å². The average Bonchev–Trinajstić information content (AvgIpc) is 2.36. The number of hydrogen-bond acceptors (Lipinski definition) is 2. The number of rotatable bonds is 4. The third-order valence-electron chi connectivity index (χ3n) is 4.29. The molecule has 0 spiro atoms. The molecule has 0 aromatic rings. The van der Waals surface area contributed by atoms with Crippen LogP contribution in [0.1, 0.15) is 58.8 Å². The smallest absolute Gasteiger partial charge is 0.158 e. The van der Waals surface area contributed by atoms with Gasteiger partial charge < -0.3 is 4.90 Å². The van der Waals surface area contributed by atoms with Crippen molar-refractivity contribution < 1.29 is 4.79 Å². The zero-order valence-electron chi connectivity index (χ0n) is 11.3. The number of hydrogen-bond donors (Lipinski definition) is 0. The van der Waals surface area contributed by atoms with E-state index in [4.69, 9.17) is 0 Å². The highest BCUT2D eigenvalue weighted by Crippen LogP contribution is 2.35. The van der Waals surface area contributed by atoms with E-state index in [0.717, 1.165) is 32.2 Å². The predicted octanol–water partition coefficient (Wildman–Crippen LogP) is 3.32. The Morgan fingerprint density at radius 2 is 2.06 bits per heavy atom. The normalized spacial score (nSPS) is 25.4. The highest BCUT2D eigenvalue weighted by atomic mass is 16.1. The third kappa shape index (κ3) is 2.79. The van der Waals surface area contributed by atoms with Gasteiger partial charge in [-0.3, -0.25) is 4.79 Å². The highest BCUT2D eigenvalue weighted by molar-refractivity contribution is 5.97. The van der Waals surface area contributed by atoms with Crippen LogP contribution in [0.5, 0.6) is 0 Å². The van der Waals surface area contributed by atoms with E-state index >= 15 is 0 Å². The molecule has 2 heteroatoms. The topological polar surface area (TPSA) is 20.3 Å². The number of ketones is 1. The zero-order valence-corrected chi connectivity index (χ0v) is 11.3. The van der Waals surface area contributed by atoms with Gasteiger partial charge in [-0.25, -0.2) is 0 Å². The molecular weight excluding hydrogens is 210 g/mol. The molecule has 0 amide bonds. The van der Waals surface area contributed by atoms with E-state index in [1.165, 1.54) is 37.0 Å². The van der Waals surface area contributed by atoms with Crippen LogP contribution in [0.4, 0.5) is 0 Å². The molecule has 0 aromatic carbocycles. The van der Waals surface area contributed by atoms with Crippen LogP contribution in [-0.4, -0.2) is 29.8 Å². The van der Waals surface area contributed by atoms with Gasteiger partial charge in [0.15, 0.2) is 5.78 Å². The summed E-state index contributed by atoms with van der Waals surface area (Å²) in [5.74, 6) is 0.447. The molecule has 0 unspecified atom stereocenters. The van der Waals surface area contributed by atoms with Gasteiger partial charge in [0, 0.05) is 12.5 Å². The van der Waals surface area contributed by atoms with Crippen LogP contribution in [0.25, 0.3) is 0 Å². The number of allylic oxidation sites excluding steroid dienone is 1. The number of Topliss-reactive ketones (excluding diaryl/α,β-unsaturated/α-hetero) is 1. The maximum absolute atomic E-state index is 11.8. The molecule has 0 saturated carbocycles. The molecule has 2 rings (SSSR count). The van der Waals surface area contributed by atoms with Crippen molar-refractivity contribution in [2.24, 2.45) is 0 Å². The van der Waals surface area contributed by atoms with Gasteiger partial charge in [-0.1, -0.05) is 19.4 Å². The van der Waals surface area contributed by atoms with Crippen LogP contribution in [0.15, 0.2) is 11.1 Å². The van der Waals surface area contributed by atoms with E-state index < -0.39 is 0 Å². The average molecular weight is 235 g/mol. The van der Waals surface area contributed by atoms with Gasteiger partial charge in [0.05, 0.1) is 0 Å². The molecule has 0 aliphatic heterocycles. The van der Waals surface area contributed by atoms with Gasteiger partial charge in [-0.2, -0.15) is 0 Å². The Balaban J connectivity index is 2.05. The molecule has 0 bridgehead atoms. The molecule has 0 saturated heterocycles. The maximum Gasteiger partial charge on any atom is 0.158 e. The third-order valence-corrected chi connectivity index (χ3v) is 4.29. The Labute approximate surface area is 105 Å². The second kappa shape index (κ2) is 5.81. The summed E-state index contributed by atoms with van der Waals surface area (Å²) in [6.07, 6.45) is 7.70. The minimum absolute atomic E-state index is 0.447. The lowest BCUT2D eigenvalue weighted by Gasteiger charge is -2.36. The number of carbonyl (C=O) groups excluding carboxylic acids is 1. The summed E-state index contributed by atoms with van der Waals surface area (Å²) in [6, 6.07) is 0.699. The second-order valence-electron chi connectivity index (χ2n) is 5.38. The monoisotopic (exact) mass is 235 g/mol. The summed E-state index contributed by atoms with van der Waals surface area (Å²) < 4.78 is 0. The van der Waals surface area contributed by atoms with Crippen molar-refractivity contribution in [3.63, 3.8) is 0 Å². The minimum Gasteiger partial charge on any atom is -0.300 e. The molecule has 0 radical (unpaired) electrons. The Morgan fingerprint density at radius 1 is 1.24 bits per heavy atom. The summed E-state index contributed by atoms with van der Waals surface area (Å²) in [6.45, 7) is 6.86. The molecule has 0 fully saturated rings. The van der Waals surface area contributed by atoms with E-state index in [1.54, 1.807) is 0 Å². The van der Waals surface area contributed by atoms with Crippen molar-refractivity contribution in [2.45, 2.75) is 64.8 Å². The summed E-state index contributed by atoms with van der Waals surface area (Å²) in [5, 5.41) is 0. The first-order chi connectivity index (χ1) is 8.26. The van der Waals surface area contributed by atoms with E-state index in [2.05, 4.69) is 18.7 Å². The zero-order chi connectivity index (χ0) is 12.3. The van der Waals surface area contributed by atoms with Crippen molar-refractivity contribution in [3.8, 4) is 0 Å². The van der Waals surface area contributed by atoms with Crippen LogP contribution in [-0.2, 0) is 4.79 Å². The number of nitrogens with zero attached hydrogens (tertiary/aromatic N) is 1. The second-order valence-corrected chi connectivity index (χ2v) is 5.38.